The number of para-hydroxylation sites is 1. The van der Waals surface area contributed by atoms with Crippen molar-refractivity contribution in [3.63, 3.8) is 0 Å². The van der Waals surface area contributed by atoms with Crippen LogP contribution < -0.4 is 10.1 Å². The molecule has 2 heterocycles. The maximum Gasteiger partial charge on any atom is 0.144 e. The smallest absolute Gasteiger partial charge is 0.144 e. The van der Waals surface area contributed by atoms with E-state index in [0.29, 0.717) is 12.6 Å². The highest BCUT2D eigenvalue weighted by molar-refractivity contribution is 5.22. The maximum absolute atomic E-state index is 6.20. The molecule has 1 aromatic carbocycles. The van der Waals surface area contributed by atoms with Crippen LogP contribution in [0.1, 0.15) is 44.6 Å². The molecule has 1 aliphatic heterocycles. The summed E-state index contributed by atoms with van der Waals surface area (Å²) in [6.07, 6.45) is 3.79. The Balaban J connectivity index is 1.45. The maximum atomic E-state index is 6.20. The number of hydrogen-bond acceptors (Lipinski definition) is 5. The highest BCUT2D eigenvalue weighted by Crippen LogP contribution is 2.36. The van der Waals surface area contributed by atoms with E-state index in [1.165, 1.54) is 0 Å². The molecule has 128 valence electrons. The van der Waals surface area contributed by atoms with Gasteiger partial charge >= 0.3 is 0 Å². The van der Waals surface area contributed by atoms with E-state index in [2.05, 4.69) is 22.3 Å². The Morgan fingerprint density at radius 1 is 1.25 bits per heavy atom. The Hall–Kier alpha value is -1.92. The molecule has 6 nitrogen and oxygen atoms in total. The first-order valence-corrected chi connectivity index (χ1v) is 8.75. The minimum Gasteiger partial charge on any atom is -0.486 e. The van der Waals surface area contributed by atoms with E-state index in [1.54, 1.807) is 6.33 Å². The molecule has 2 aliphatic rings. The molecule has 0 saturated heterocycles. The third kappa shape index (κ3) is 2.80. The molecule has 2 aromatic rings. The molecule has 1 aromatic heterocycles. The molecule has 1 aliphatic carbocycles. The number of fused-ring (bicyclic) bond motifs is 1. The summed E-state index contributed by atoms with van der Waals surface area (Å²) in [5.74, 6) is 1.92. The zero-order valence-corrected chi connectivity index (χ0v) is 14.1. The molecule has 0 spiro atoms. The fraction of sp³-hybridized carbons (Fsp3) is 0.556. The van der Waals surface area contributed by atoms with Crippen molar-refractivity contribution in [3.05, 3.63) is 42.5 Å². The lowest BCUT2D eigenvalue weighted by Crippen LogP contribution is -2.62. The molecule has 1 saturated carbocycles. The molecule has 0 radical (unpaired) electrons. The van der Waals surface area contributed by atoms with Gasteiger partial charge in [0.1, 0.15) is 24.0 Å². The second-order valence-electron chi connectivity index (χ2n) is 6.60. The van der Waals surface area contributed by atoms with Gasteiger partial charge in [-0.1, -0.05) is 18.2 Å². The minimum absolute atomic E-state index is 0.0274. The van der Waals surface area contributed by atoms with Crippen LogP contribution in [-0.4, -0.2) is 39.6 Å². The summed E-state index contributed by atoms with van der Waals surface area (Å²) in [5.41, 5.74) is 0. The zero-order chi connectivity index (χ0) is 16.5. The van der Waals surface area contributed by atoms with E-state index in [1.807, 2.05) is 41.9 Å². The zero-order valence-electron chi connectivity index (χ0n) is 14.1. The van der Waals surface area contributed by atoms with Crippen molar-refractivity contribution in [1.29, 1.82) is 0 Å². The number of benzene rings is 1. The number of aromatic nitrogens is 3. The van der Waals surface area contributed by atoms with Gasteiger partial charge in [-0.15, -0.1) is 0 Å². The monoisotopic (exact) mass is 328 g/mol. The van der Waals surface area contributed by atoms with Gasteiger partial charge in [0.25, 0.3) is 0 Å². The van der Waals surface area contributed by atoms with Crippen LogP contribution in [-0.2, 0) is 4.74 Å². The van der Waals surface area contributed by atoms with E-state index in [0.717, 1.165) is 24.4 Å². The summed E-state index contributed by atoms with van der Waals surface area (Å²) in [6.45, 7) is 4.92. The third-order valence-electron chi connectivity index (χ3n) is 4.97. The number of nitrogens with one attached hydrogen (secondary N) is 1. The van der Waals surface area contributed by atoms with Crippen LogP contribution >= 0.6 is 0 Å². The normalized spacial score (nSPS) is 31.5. The summed E-state index contributed by atoms with van der Waals surface area (Å²) in [4.78, 5) is 4.42. The van der Waals surface area contributed by atoms with Crippen molar-refractivity contribution in [1.82, 2.24) is 20.1 Å². The molecule has 0 bridgehead atoms. The van der Waals surface area contributed by atoms with Crippen LogP contribution in [0.15, 0.2) is 36.7 Å². The highest BCUT2D eigenvalue weighted by atomic mass is 16.5. The van der Waals surface area contributed by atoms with Crippen molar-refractivity contribution < 1.29 is 9.47 Å². The van der Waals surface area contributed by atoms with Gasteiger partial charge in [-0.2, -0.15) is 5.10 Å². The van der Waals surface area contributed by atoms with Crippen molar-refractivity contribution in [3.8, 4) is 5.75 Å². The van der Waals surface area contributed by atoms with E-state index in [4.69, 9.17) is 9.47 Å². The Morgan fingerprint density at radius 2 is 2.08 bits per heavy atom. The van der Waals surface area contributed by atoms with Gasteiger partial charge in [0.15, 0.2) is 0 Å². The minimum atomic E-state index is 0.0274. The molecule has 1 N–H and O–H groups in total. The summed E-state index contributed by atoms with van der Waals surface area (Å²) in [7, 11) is 0. The van der Waals surface area contributed by atoms with Gasteiger partial charge < -0.3 is 14.8 Å². The molecule has 0 amide bonds. The number of ether oxygens (including phenoxy) is 2. The van der Waals surface area contributed by atoms with Crippen LogP contribution in [0.25, 0.3) is 0 Å². The second-order valence-corrected chi connectivity index (χ2v) is 6.60. The standard InChI is InChI=1S/C18H24N4O2/c1-3-23-16-10-14(17(16)24-13-7-5-4-6-8-13)21-15-9-12(2)22-18(15)19-11-20-22/h4-8,11-12,14-17,21H,3,9-10H2,1-2H3. The summed E-state index contributed by atoms with van der Waals surface area (Å²) >= 11 is 0. The Kier molecular flexibility index (Phi) is 4.24. The topological polar surface area (TPSA) is 61.2 Å². The first kappa shape index (κ1) is 15.6. The molecule has 1 fully saturated rings. The van der Waals surface area contributed by atoms with Crippen LogP contribution in [0.4, 0.5) is 0 Å². The fourth-order valence-electron chi connectivity index (χ4n) is 3.73. The summed E-state index contributed by atoms with van der Waals surface area (Å²) in [6, 6.07) is 10.9. The van der Waals surface area contributed by atoms with E-state index in [9.17, 15) is 0 Å². The predicted octanol–water partition coefficient (Wildman–Crippen LogP) is 2.50. The average molecular weight is 328 g/mol. The van der Waals surface area contributed by atoms with Gasteiger partial charge in [0.05, 0.1) is 18.2 Å². The third-order valence-corrected chi connectivity index (χ3v) is 4.97. The molecule has 4 rings (SSSR count). The number of hydrogen-bond donors (Lipinski definition) is 1. The van der Waals surface area contributed by atoms with Crippen LogP contribution in [0.3, 0.4) is 0 Å². The molecule has 24 heavy (non-hydrogen) atoms. The Bertz CT molecular complexity index is 675. The second kappa shape index (κ2) is 6.53. The van der Waals surface area contributed by atoms with E-state index >= 15 is 0 Å². The van der Waals surface area contributed by atoms with E-state index in [-0.39, 0.29) is 24.3 Å². The van der Waals surface area contributed by atoms with Crippen molar-refractivity contribution >= 4 is 0 Å². The first-order chi connectivity index (χ1) is 11.8. The van der Waals surface area contributed by atoms with Gasteiger partial charge in [-0.3, -0.25) is 0 Å². The molecule has 6 heteroatoms. The largest absolute Gasteiger partial charge is 0.486 e. The number of rotatable bonds is 6. The Morgan fingerprint density at radius 3 is 2.88 bits per heavy atom. The lowest BCUT2D eigenvalue weighted by molar-refractivity contribution is -0.104. The number of nitrogens with zero attached hydrogens (tertiary/aromatic N) is 3. The highest BCUT2D eigenvalue weighted by Gasteiger charge is 2.46. The fourth-order valence-corrected chi connectivity index (χ4v) is 3.73. The average Bonchev–Trinajstić information content (AvgIpc) is 3.18. The SMILES string of the molecule is CCOC1CC(NC2CC(C)n3ncnc32)C1Oc1ccccc1. The van der Waals surface area contributed by atoms with Gasteiger partial charge in [0.2, 0.25) is 0 Å². The summed E-state index contributed by atoms with van der Waals surface area (Å²) < 4.78 is 14.1. The lowest BCUT2D eigenvalue weighted by Gasteiger charge is -2.45. The van der Waals surface area contributed by atoms with Crippen LogP contribution in [0.5, 0.6) is 5.75 Å². The molecule has 5 atom stereocenters. The Labute approximate surface area is 142 Å². The molecular weight excluding hydrogens is 304 g/mol. The lowest BCUT2D eigenvalue weighted by atomic mass is 9.84. The van der Waals surface area contributed by atoms with Crippen LogP contribution in [0.2, 0.25) is 0 Å². The van der Waals surface area contributed by atoms with Gasteiger partial charge in [-0.05, 0) is 38.8 Å². The van der Waals surface area contributed by atoms with Gasteiger partial charge in [0, 0.05) is 12.6 Å². The van der Waals surface area contributed by atoms with Crippen LogP contribution in [0, 0.1) is 0 Å². The molecule has 5 unspecified atom stereocenters. The van der Waals surface area contributed by atoms with Gasteiger partial charge in [-0.25, -0.2) is 9.67 Å². The predicted molar refractivity (Wildman–Crippen MR) is 89.9 cm³/mol. The van der Waals surface area contributed by atoms with E-state index < -0.39 is 0 Å². The molecular formula is C18H24N4O2. The van der Waals surface area contributed by atoms with Crippen molar-refractivity contribution in [2.24, 2.45) is 0 Å². The first-order valence-electron chi connectivity index (χ1n) is 8.75. The quantitative estimate of drug-likeness (QED) is 0.883. The van der Waals surface area contributed by atoms with Crippen molar-refractivity contribution in [2.75, 3.05) is 6.61 Å². The van der Waals surface area contributed by atoms with Crippen molar-refractivity contribution in [2.45, 2.75) is 57.0 Å². The summed E-state index contributed by atoms with van der Waals surface area (Å²) in [5, 5.41) is 8.04.